The number of halogens is 1. The second-order valence-electron chi connectivity index (χ2n) is 9.22. The average Bonchev–Trinajstić information content (AvgIpc) is 2.96. The summed E-state index contributed by atoms with van der Waals surface area (Å²) in [6.07, 6.45) is 3.47. The van der Waals surface area contributed by atoms with Crippen LogP contribution in [0.1, 0.15) is 58.1 Å². The number of nitrogens with zero attached hydrogens (tertiary/aromatic N) is 2. The number of anilines is 1. The maximum absolute atomic E-state index is 14.9. The Balaban J connectivity index is 1.65. The second kappa shape index (κ2) is 8.09. The van der Waals surface area contributed by atoms with Gasteiger partial charge in [-0.3, -0.25) is 10.1 Å². The predicted molar refractivity (Wildman–Crippen MR) is 116 cm³/mol. The third-order valence-corrected chi connectivity index (χ3v) is 5.35. The molecule has 3 aromatic rings. The fourth-order valence-electron chi connectivity index (χ4n) is 3.71. The molecule has 1 aliphatic carbocycles. The lowest BCUT2D eigenvalue weighted by atomic mass is 9.92. The number of imidazole rings is 1. The molecule has 0 spiro atoms. The Morgan fingerprint density at radius 2 is 1.97 bits per heavy atom. The summed E-state index contributed by atoms with van der Waals surface area (Å²) in [4.78, 5) is 17.0. The van der Waals surface area contributed by atoms with Crippen molar-refractivity contribution in [3.8, 4) is 5.75 Å². The van der Waals surface area contributed by atoms with Crippen LogP contribution in [-0.2, 0) is 11.4 Å². The SMILES string of the molecule is CC(C)(C)CC(=O)Nc1nc2c(F)cc(OCc3ccccc3)cc2n1C1CCC1. The summed E-state index contributed by atoms with van der Waals surface area (Å²) in [6, 6.07) is 13.2. The van der Waals surface area contributed by atoms with Gasteiger partial charge in [0.05, 0.1) is 5.52 Å². The molecule has 0 unspecified atom stereocenters. The van der Waals surface area contributed by atoms with Gasteiger partial charge < -0.3 is 9.30 Å². The van der Waals surface area contributed by atoms with Crippen molar-refractivity contribution in [3.63, 3.8) is 0 Å². The lowest BCUT2D eigenvalue weighted by Crippen LogP contribution is -2.24. The first-order chi connectivity index (χ1) is 14.3. The van der Waals surface area contributed by atoms with Crippen LogP contribution in [0.5, 0.6) is 5.75 Å². The number of rotatable bonds is 6. The van der Waals surface area contributed by atoms with Crippen LogP contribution < -0.4 is 10.1 Å². The van der Waals surface area contributed by atoms with Crippen molar-refractivity contribution in [2.75, 3.05) is 5.32 Å². The van der Waals surface area contributed by atoms with E-state index in [0.29, 0.717) is 30.2 Å². The highest BCUT2D eigenvalue weighted by Crippen LogP contribution is 2.39. The molecule has 0 aliphatic heterocycles. The fraction of sp³-hybridized carbons (Fsp3) is 0.417. The number of nitrogens with one attached hydrogen (secondary N) is 1. The first-order valence-electron chi connectivity index (χ1n) is 10.5. The molecule has 2 aromatic carbocycles. The molecule has 4 rings (SSSR count). The third kappa shape index (κ3) is 4.48. The van der Waals surface area contributed by atoms with Gasteiger partial charge in [-0.25, -0.2) is 9.37 Å². The molecule has 0 bridgehead atoms. The monoisotopic (exact) mass is 409 g/mol. The van der Waals surface area contributed by atoms with E-state index in [1.807, 2.05) is 61.7 Å². The zero-order valence-electron chi connectivity index (χ0n) is 17.7. The maximum atomic E-state index is 14.9. The van der Waals surface area contributed by atoms with E-state index in [-0.39, 0.29) is 22.9 Å². The zero-order chi connectivity index (χ0) is 21.3. The van der Waals surface area contributed by atoms with Gasteiger partial charge in [0.25, 0.3) is 0 Å². The zero-order valence-corrected chi connectivity index (χ0v) is 17.7. The quantitative estimate of drug-likeness (QED) is 0.555. The van der Waals surface area contributed by atoms with E-state index < -0.39 is 5.82 Å². The molecule has 1 amide bonds. The Labute approximate surface area is 176 Å². The number of fused-ring (bicyclic) bond motifs is 1. The van der Waals surface area contributed by atoms with E-state index in [1.54, 1.807) is 0 Å². The van der Waals surface area contributed by atoms with Crippen LogP contribution in [0, 0.1) is 11.2 Å². The van der Waals surface area contributed by atoms with Crippen LogP contribution in [0.2, 0.25) is 0 Å². The fourth-order valence-corrected chi connectivity index (χ4v) is 3.71. The molecule has 1 aromatic heterocycles. The van der Waals surface area contributed by atoms with Crippen LogP contribution in [0.3, 0.4) is 0 Å². The Morgan fingerprint density at radius 1 is 1.23 bits per heavy atom. The van der Waals surface area contributed by atoms with E-state index >= 15 is 0 Å². The molecule has 1 fully saturated rings. The minimum Gasteiger partial charge on any atom is -0.489 e. The van der Waals surface area contributed by atoms with E-state index in [2.05, 4.69) is 10.3 Å². The molecule has 158 valence electrons. The molecule has 30 heavy (non-hydrogen) atoms. The van der Waals surface area contributed by atoms with Crippen molar-refractivity contribution >= 4 is 22.9 Å². The van der Waals surface area contributed by atoms with Gasteiger partial charge in [-0.15, -0.1) is 0 Å². The highest BCUT2D eigenvalue weighted by molar-refractivity contribution is 5.92. The van der Waals surface area contributed by atoms with Crippen molar-refractivity contribution in [1.82, 2.24) is 9.55 Å². The van der Waals surface area contributed by atoms with Crippen molar-refractivity contribution < 1.29 is 13.9 Å². The number of ether oxygens (including phenoxy) is 1. The van der Waals surface area contributed by atoms with Crippen LogP contribution in [-0.4, -0.2) is 15.5 Å². The third-order valence-electron chi connectivity index (χ3n) is 5.35. The molecule has 0 atom stereocenters. The van der Waals surface area contributed by atoms with E-state index in [0.717, 1.165) is 24.8 Å². The summed E-state index contributed by atoms with van der Waals surface area (Å²) >= 11 is 0. The Bertz CT molecular complexity index is 1050. The number of carbonyl (C=O) groups is 1. The number of carbonyl (C=O) groups excluding carboxylic acids is 1. The molecular formula is C24H28FN3O2. The molecule has 0 saturated heterocycles. The molecule has 1 N–H and O–H groups in total. The smallest absolute Gasteiger partial charge is 0.227 e. The lowest BCUT2D eigenvalue weighted by molar-refractivity contribution is -0.117. The number of hydrogen-bond donors (Lipinski definition) is 1. The van der Waals surface area contributed by atoms with Crippen LogP contribution in [0.15, 0.2) is 42.5 Å². The normalized spacial score (nSPS) is 14.5. The molecule has 1 saturated carbocycles. The molecule has 6 heteroatoms. The summed E-state index contributed by atoms with van der Waals surface area (Å²) in [5.74, 6) is 0.319. The first kappa shape index (κ1) is 20.4. The average molecular weight is 410 g/mol. The standard InChI is InChI=1S/C24H28FN3O2/c1-24(2,3)14-21(29)26-23-27-22-19(25)12-18(30-15-16-8-5-4-6-9-16)13-20(22)28(23)17-10-7-11-17/h4-6,8-9,12-13,17H,7,10-11,14-15H2,1-3H3,(H,26,27,29). The van der Waals surface area contributed by atoms with Gasteiger partial charge in [-0.2, -0.15) is 0 Å². The van der Waals surface area contributed by atoms with Crippen molar-refractivity contribution in [1.29, 1.82) is 0 Å². The summed E-state index contributed by atoms with van der Waals surface area (Å²) in [5.41, 5.74) is 1.80. The number of benzene rings is 2. The number of aromatic nitrogens is 2. The van der Waals surface area contributed by atoms with Crippen molar-refractivity contribution in [2.24, 2.45) is 5.41 Å². The first-order valence-corrected chi connectivity index (χ1v) is 10.5. The summed E-state index contributed by atoms with van der Waals surface area (Å²) < 4.78 is 22.7. The number of hydrogen-bond acceptors (Lipinski definition) is 3. The van der Waals surface area contributed by atoms with Gasteiger partial charge in [0.15, 0.2) is 5.82 Å². The van der Waals surface area contributed by atoms with E-state index in [4.69, 9.17) is 4.74 Å². The second-order valence-corrected chi connectivity index (χ2v) is 9.22. The van der Waals surface area contributed by atoms with E-state index in [1.165, 1.54) is 6.07 Å². The Hall–Kier alpha value is -2.89. The number of amides is 1. The van der Waals surface area contributed by atoms with Gasteiger partial charge in [0, 0.05) is 24.6 Å². The topological polar surface area (TPSA) is 56.1 Å². The van der Waals surface area contributed by atoms with Gasteiger partial charge in [0.1, 0.15) is 17.9 Å². The Morgan fingerprint density at radius 3 is 2.60 bits per heavy atom. The van der Waals surface area contributed by atoms with Gasteiger partial charge >= 0.3 is 0 Å². The predicted octanol–water partition coefficient (Wildman–Crippen LogP) is 5.85. The molecule has 5 nitrogen and oxygen atoms in total. The highest BCUT2D eigenvalue weighted by Gasteiger charge is 2.28. The van der Waals surface area contributed by atoms with Gasteiger partial charge in [0.2, 0.25) is 11.9 Å². The molecular weight excluding hydrogens is 381 g/mol. The molecule has 1 heterocycles. The summed E-state index contributed by atoms with van der Waals surface area (Å²) in [7, 11) is 0. The summed E-state index contributed by atoms with van der Waals surface area (Å²) in [5, 5.41) is 2.92. The Kier molecular flexibility index (Phi) is 5.50. The molecule has 1 aliphatic rings. The minimum atomic E-state index is -0.444. The highest BCUT2D eigenvalue weighted by atomic mass is 19.1. The van der Waals surface area contributed by atoms with Crippen LogP contribution >= 0.6 is 0 Å². The van der Waals surface area contributed by atoms with Crippen molar-refractivity contribution in [2.45, 2.75) is 59.1 Å². The van der Waals surface area contributed by atoms with Crippen LogP contribution in [0.4, 0.5) is 10.3 Å². The van der Waals surface area contributed by atoms with Gasteiger partial charge in [-0.05, 0) is 30.2 Å². The van der Waals surface area contributed by atoms with Gasteiger partial charge in [-0.1, -0.05) is 51.1 Å². The molecule has 0 radical (unpaired) electrons. The maximum Gasteiger partial charge on any atom is 0.227 e. The largest absolute Gasteiger partial charge is 0.489 e. The van der Waals surface area contributed by atoms with Crippen LogP contribution in [0.25, 0.3) is 11.0 Å². The summed E-state index contributed by atoms with van der Waals surface area (Å²) in [6.45, 7) is 6.39. The lowest BCUT2D eigenvalue weighted by Gasteiger charge is -2.29. The van der Waals surface area contributed by atoms with Crippen molar-refractivity contribution in [3.05, 3.63) is 53.8 Å². The van der Waals surface area contributed by atoms with E-state index in [9.17, 15) is 9.18 Å². The minimum absolute atomic E-state index is 0.112.